The van der Waals surface area contributed by atoms with Crippen molar-refractivity contribution in [2.24, 2.45) is 0 Å². The molecule has 0 saturated heterocycles. The van der Waals surface area contributed by atoms with Crippen LogP contribution in [0.1, 0.15) is 55.2 Å². The van der Waals surface area contributed by atoms with Gasteiger partial charge in [-0.3, -0.25) is 0 Å². The molecule has 0 spiro atoms. The van der Waals surface area contributed by atoms with Gasteiger partial charge in [0.25, 0.3) is 0 Å². The standard InChI is InChI=1S/C29H30F4O2/c1-3-35-25-17-16-24(28(32)29(25)33)19-7-4-18(5-8-19)6-9-21-12-15-23(27(31)26(21)30)20-10-13-22(34-2)14-11-20/h4-5,7-8,12,15-17,20,22H,3,6,9-11,13-14H2,1-2H3. The topological polar surface area (TPSA) is 18.5 Å². The van der Waals surface area contributed by atoms with E-state index in [9.17, 15) is 17.6 Å². The molecule has 2 nitrogen and oxygen atoms in total. The third kappa shape index (κ3) is 5.53. The molecule has 0 aliphatic heterocycles. The normalized spacial score (nSPS) is 18.0. The van der Waals surface area contributed by atoms with Crippen molar-refractivity contribution in [2.45, 2.75) is 57.5 Å². The minimum absolute atomic E-state index is 0.0188. The molecule has 0 amide bonds. The van der Waals surface area contributed by atoms with Gasteiger partial charge in [0.2, 0.25) is 5.82 Å². The van der Waals surface area contributed by atoms with Crippen LogP contribution in [0.25, 0.3) is 11.1 Å². The fourth-order valence-electron chi connectivity index (χ4n) is 4.87. The highest BCUT2D eigenvalue weighted by Gasteiger charge is 2.26. The Kier molecular flexibility index (Phi) is 8.11. The van der Waals surface area contributed by atoms with E-state index in [0.29, 0.717) is 29.5 Å². The fourth-order valence-corrected chi connectivity index (χ4v) is 4.87. The summed E-state index contributed by atoms with van der Waals surface area (Å²) < 4.78 is 68.8. The number of benzene rings is 3. The van der Waals surface area contributed by atoms with Gasteiger partial charge < -0.3 is 9.47 Å². The van der Waals surface area contributed by atoms with Crippen molar-refractivity contribution in [2.75, 3.05) is 13.7 Å². The number of ether oxygens (including phenoxy) is 2. The van der Waals surface area contributed by atoms with Crippen molar-refractivity contribution >= 4 is 0 Å². The van der Waals surface area contributed by atoms with Crippen LogP contribution in [-0.2, 0) is 17.6 Å². The summed E-state index contributed by atoms with van der Waals surface area (Å²) in [6.07, 6.45) is 4.33. The SMILES string of the molecule is CCOc1ccc(-c2ccc(CCc3ccc(C4CCC(OC)CC4)c(F)c3F)cc2)c(F)c1F. The summed E-state index contributed by atoms with van der Waals surface area (Å²) in [6.45, 7) is 1.94. The zero-order chi connectivity index (χ0) is 24.9. The minimum atomic E-state index is -1.01. The lowest BCUT2D eigenvalue weighted by Gasteiger charge is -2.28. The Morgan fingerprint density at radius 2 is 1.46 bits per heavy atom. The Hall–Kier alpha value is -2.86. The first kappa shape index (κ1) is 25.2. The fraction of sp³-hybridized carbons (Fsp3) is 0.379. The number of aryl methyl sites for hydroxylation is 2. The molecule has 3 aromatic rings. The van der Waals surface area contributed by atoms with Crippen LogP contribution in [0.15, 0.2) is 48.5 Å². The molecule has 1 aliphatic carbocycles. The van der Waals surface area contributed by atoms with E-state index in [2.05, 4.69) is 0 Å². The van der Waals surface area contributed by atoms with E-state index in [1.54, 1.807) is 50.4 Å². The third-order valence-electron chi connectivity index (χ3n) is 6.93. The number of halogens is 4. The zero-order valence-corrected chi connectivity index (χ0v) is 20.1. The van der Waals surface area contributed by atoms with Gasteiger partial charge in [-0.25, -0.2) is 13.2 Å². The number of hydrogen-bond donors (Lipinski definition) is 0. The van der Waals surface area contributed by atoms with E-state index in [4.69, 9.17) is 9.47 Å². The van der Waals surface area contributed by atoms with Crippen LogP contribution in [0.5, 0.6) is 5.75 Å². The molecule has 1 aliphatic rings. The Morgan fingerprint density at radius 1 is 0.743 bits per heavy atom. The molecule has 1 fully saturated rings. The predicted octanol–water partition coefficient (Wildman–Crippen LogP) is 7.77. The van der Waals surface area contributed by atoms with Crippen molar-refractivity contribution in [3.8, 4) is 16.9 Å². The second-order valence-corrected chi connectivity index (χ2v) is 9.02. The van der Waals surface area contributed by atoms with Gasteiger partial charge in [0.05, 0.1) is 12.7 Å². The van der Waals surface area contributed by atoms with E-state index in [0.717, 1.165) is 31.2 Å². The number of hydrogen-bond acceptors (Lipinski definition) is 2. The maximum absolute atomic E-state index is 14.9. The maximum Gasteiger partial charge on any atom is 0.201 e. The van der Waals surface area contributed by atoms with Gasteiger partial charge in [-0.15, -0.1) is 0 Å². The van der Waals surface area contributed by atoms with Crippen molar-refractivity contribution in [3.63, 3.8) is 0 Å². The Labute approximate surface area is 203 Å². The van der Waals surface area contributed by atoms with E-state index in [1.165, 1.54) is 12.1 Å². The maximum atomic E-state index is 14.9. The summed E-state index contributed by atoms with van der Waals surface area (Å²) in [5, 5.41) is 0. The van der Waals surface area contributed by atoms with Gasteiger partial charge in [0.1, 0.15) is 0 Å². The van der Waals surface area contributed by atoms with E-state index in [-0.39, 0.29) is 29.9 Å². The lowest BCUT2D eigenvalue weighted by molar-refractivity contribution is 0.0655. The highest BCUT2D eigenvalue weighted by Crippen LogP contribution is 2.36. The van der Waals surface area contributed by atoms with Crippen molar-refractivity contribution in [1.82, 2.24) is 0 Å². The van der Waals surface area contributed by atoms with Gasteiger partial charge in [-0.05, 0) is 85.8 Å². The van der Waals surface area contributed by atoms with Crippen LogP contribution in [0.4, 0.5) is 17.6 Å². The van der Waals surface area contributed by atoms with E-state index in [1.807, 2.05) is 0 Å². The first-order chi connectivity index (χ1) is 16.9. The molecule has 0 atom stereocenters. The quantitative estimate of drug-likeness (QED) is 0.303. The van der Waals surface area contributed by atoms with Crippen LogP contribution in [-0.4, -0.2) is 19.8 Å². The van der Waals surface area contributed by atoms with Gasteiger partial charge >= 0.3 is 0 Å². The van der Waals surface area contributed by atoms with Crippen LogP contribution in [0.2, 0.25) is 0 Å². The highest BCUT2D eigenvalue weighted by molar-refractivity contribution is 5.65. The predicted molar refractivity (Wildman–Crippen MR) is 129 cm³/mol. The second kappa shape index (κ2) is 11.3. The van der Waals surface area contributed by atoms with Gasteiger partial charge in [0, 0.05) is 12.7 Å². The Morgan fingerprint density at radius 3 is 2.11 bits per heavy atom. The molecule has 6 heteroatoms. The molecule has 0 unspecified atom stereocenters. The molecule has 186 valence electrons. The minimum Gasteiger partial charge on any atom is -0.491 e. The molecule has 0 N–H and O–H groups in total. The summed E-state index contributed by atoms with van der Waals surface area (Å²) in [4.78, 5) is 0. The zero-order valence-electron chi connectivity index (χ0n) is 20.1. The first-order valence-corrected chi connectivity index (χ1v) is 12.1. The largest absolute Gasteiger partial charge is 0.491 e. The van der Waals surface area contributed by atoms with Gasteiger partial charge in [-0.1, -0.05) is 36.4 Å². The first-order valence-electron chi connectivity index (χ1n) is 12.1. The van der Waals surface area contributed by atoms with Crippen molar-refractivity contribution < 1.29 is 27.0 Å². The molecule has 0 radical (unpaired) electrons. The number of methoxy groups -OCH3 is 1. The van der Waals surface area contributed by atoms with Crippen LogP contribution in [0, 0.1) is 23.3 Å². The lowest BCUT2D eigenvalue weighted by Crippen LogP contribution is -2.20. The van der Waals surface area contributed by atoms with E-state index >= 15 is 0 Å². The molecule has 4 rings (SSSR count). The molecule has 1 saturated carbocycles. The number of rotatable bonds is 8. The summed E-state index contributed by atoms with van der Waals surface area (Å²) in [6, 6.07) is 13.3. The third-order valence-corrected chi connectivity index (χ3v) is 6.93. The van der Waals surface area contributed by atoms with Crippen LogP contribution in [0.3, 0.4) is 0 Å². The summed E-state index contributed by atoms with van der Waals surface area (Å²) in [5.41, 5.74) is 2.34. The molecule has 35 heavy (non-hydrogen) atoms. The Bertz CT molecular complexity index is 1150. The molecular weight excluding hydrogens is 456 g/mol. The summed E-state index contributed by atoms with van der Waals surface area (Å²) >= 11 is 0. The molecular formula is C29H30F4O2. The lowest BCUT2D eigenvalue weighted by atomic mass is 9.82. The van der Waals surface area contributed by atoms with Crippen molar-refractivity contribution in [1.29, 1.82) is 0 Å². The van der Waals surface area contributed by atoms with Crippen LogP contribution < -0.4 is 4.74 Å². The van der Waals surface area contributed by atoms with Gasteiger partial charge in [-0.2, -0.15) is 4.39 Å². The highest BCUT2D eigenvalue weighted by atomic mass is 19.2. The summed E-state index contributed by atoms with van der Waals surface area (Å²) in [5.74, 6) is -3.59. The van der Waals surface area contributed by atoms with Crippen molar-refractivity contribution in [3.05, 3.63) is 88.5 Å². The molecule has 0 aromatic heterocycles. The average molecular weight is 487 g/mol. The summed E-state index contributed by atoms with van der Waals surface area (Å²) in [7, 11) is 1.69. The molecule has 3 aromatic carbocycles. The molecule has 0 heterocycles. The van der Waals surface area contributed by atoms with Crippen LogP contribution >= 0.6 is 0 Å². The average Bonchev–Trinajstić information content (AvgIpc) is 2.88. The Balaban J connectivity index is 1.42. The smallest absolute Gasteiger partial charge is 0.201 e. The monoisotopic (exact) mass is 486 g/mol. The van der Waals surface area contributed by atoms with E-state index < -0.39 is 23.3 Å². The molecule has 0 bridgehead atoms. The second-order valence-electron chi connectivity index (χ2n) is 9.02. The van der Waals surface area contributed by atoms with Gasteiger partial charge in [0.15, 0.2) is 23.2 Å².